The smallest absolute Gasteiger partial charge is 0.449 e. The summed E-state index contributed by atoms with van der Waals surface area (Å²) < 4.78 is 460. The number of nitrogens with one attached hydrogen (secondary N) is 2. The van der Waals surface area contributed by atoms with Crippen molar-refractivity contribution < 1.29 is 168 Å². The van der Waals surface area contributed by atoms with Crippen molar-refractivity contribution in [1.82, 2.24) is 10.6 Å². The van der Waals surface area contributed by atoms with Crippen molar-refractivity contribution in [3.8, 4) is 0 Å². The second kappa shape index (κ2) is 19.4. The molecular weight excluding hydrogens is 1070 g/mol. The van der Waals surface area contributed by atoms with Crippen molar-refractivity contribution >= 4 is 12.2 Å². The minimum absolute atomic E-state index is 0.151. The topological polar surface area (TPSA) is 76.7 Å². The summed E-state index contributed by atoms with van der Waals surface area (Å²) in [6.07, 6.45) is -26.9. The van der Waals surface area contributed by atoms with E-state index in [0.717, 1.165) is 0 Å². The van der Waals surface area contributed by atoms with Crippen molar-refractivity contribution in [3.05, 3.63) is 0 Å². The zero-order chi connectivity index (χ0) is 55.1. The van der Waals surface area contributed by atoms with Crippen LogP contribution in [0.15, 0.2) is 0 Å². The number of alkyl carbamates (subject to hydrolysis) is 2. The van der Waals surface area contributed by atoms with Crippen molar-refractivity contribution in [1.29, 1.82) is 0 Å². The molecule has 0 radical (unpaired) electrons. The van der Waals surface area contributed by atoms with E-state index in [0.29, 0.717) is 0 Å². The van der Waals surface area contributed by atoms with E-state index in [4.69, 9.17) is 0 Å². The number of amides is 2. The number of carbonyl (C=O) groups excluding carboxylic acids is 2. The Morgan fingerprint density at radius 3 is 0.676 bits per heavy atom. The third kappa shape index (κ3) is 10.7. The van der Waals surface area contributed by atoms with Crippen LogP contribution in [0.25, 0.3) is 0 Å². The first-order chi connectivity index (χ1) is 29.5. The van der Waals surface area contributed by atoms with E-state index in [1.54, 1.807) is 10.6 Å². The first-order valence-electron chi connectivity index (χ1n) is 16.7. The molecule has 0 aliphatic rings. The van der Waals surface area contributed by atoms with Gasteiger partial charge in [0, 0.05) is 13.1 Å². The SMILES string of the molecule is O=C(NCCCCCCNC(=O)OCCC(F)(F)C(F)(F)C(F)(F)C(F)(F)C(F)(F)C(F)(F)C(F)(F)C(F)(F)F)OCCC(F)(F)C(F)(F)C(F)(F)C(F)(F)C(F)(F)C(F)(F)C(F)(F)C(F)(F)F. The largest absolute Gasteiger partial charge is 0.460 e. The molecule has 2 N–H and O–H groups in total. The molecule has 2 amide bonds. The molecule has 0 aromatic carbocycles. The monoisotopic (exact) mass is 1100 g/mol. The summed E-state index contributed by atoms with van der Waals surface area (Å²) in [5.74, 6) is -117. The van der Waals surface area contributed by atoms with E-state index >= 15 is 0 Å². The summed E-state index contributed by atoms with van der Waals surface area (Å²) in [6.45, 7) is -5.89. The number of unbranched alkanes of at least 4 members (excludes halogenated alkanes) is 3. The Morgan fingerprint density at radius 1 is 0.279 bits per heavy atom. The van der Waals surface area contributed by atoms with E-state index in [9.17, 15) is 159 Å². The van der Waals surface area contributed by atoms with Gasteiger partial charge in [-0.3, -0.25) is 0 Å². The highest BCUT2D eigenvalue weighted by molar-refractivity contribution is 5.67. The maximum atomic E-state index is 13.9. The Labute approximate surface area is 352 Å². The maximum absolute atomic E-state index is 13.9. The van der Waals surface area contributed by atoms with Gasteiger partial charge in [0.15, 0.2) is 0 Å². The minimum atomic E-state index is -8.86. The van der Waals surface area contributed by atoms with Crippen LogP contribution in [-0.2, 0) is 9.47 Å². The molecular formula is C28H22F34N2O4. The molecule has 0 heterocycles. The molecule has 68 heavy (non-hydrogen) atoms. The van der Waals surface area contributed by atoms with Crippen molar-refractivity contribution in [2.45, 2.75) is 134 Å². The van der Waals surface area contributed by atoms with Crippen molar-refractivity contribution in [2.24, 2.45) is 0 Å². The lowest BCUT2D eigenvalue weighted by molar-refractivity contribution is -0.461. The zero-order valence-corrected chi connectivity index (χ0v) is 31.6. The lowest BCUT2D eigenvalue weighted by Crippen LogP contribution is -2.74. The molecule has 0 bridgehead atoms. The molecule has 0 rings (SSSR count). The van der Waals surface area contributed by atoms with Crippen LogP contribution in [0.2, 0.25) is 0 Å². The van der Waals surface area contributed by atoms with Gasteiger partial charge < -0.3 is 20.1 Å². The van der Waals surface area contributed by atoms with Gasteiger partial charge in [0.25, 0.3) is 0 Å². The highest BCUT2D eigenvalue weighted by atomic mass is 19.4. The number of halogens is 34. The molecule has 0 aromatic heterocycles. The second-order valence-electron chi connectivity index (χ2n) is 13.3. The predicted molar refractivity (Wildman–Crippen MR) is 148 cm³/mol. The molecule has 0 aliphatic heterocycles. The molecule has 0 atom stereocenters. The lowest BCUT2D eigenvalue weighted by atomic mass is 9.88. The maximum Gasteiger partial charge on any atom is 0.460 e. The summed E-state index contributed by atoms with van der Waals surface area (Å²) in [4.78, 5) is 23.0. The molecule has 6 nitrogen and oxygen atoms in total. The summed E-state index contributed by atoms with van der Waals surface area (Å²) in [5, 5.41) is 3.16. The number of hydrogen-bond donors (Lipinski definition) is 2. The molecule has 0 saturated heterocycles. The van der Waals surface area contributed by atoms with E-state index in [1.165, 1.54) is 0 Å². The summed E-state index contributed by atoms with van der Waals surface area (Å²) in [5.41, 5.74) is 0. The first-order valence-corrected chi connectivity index (χ1v) is 16.7. The Bertz CT molecular complexity index is 1580. The summed E-state index contributed by atoms with van der Waals surface area (Å²) in [6, 6.07) is 0. The van der Waals surface area contributed by atoms with Crippen LogP contribution in [0.1, 0.15) is 38.5 Å². The molecule has 0 aliphatic carbocycles. The molecule has 0 spiro atoms. The quantitative estimate of drug-likeness (QED) is 0.0705. The molecule has 0 saturated carbocycles. The highest BCUT2D eigenvalue weighted by Gasteiger charge is 2.97. The number of alkyl halides is 34. The lowest BCUT2D eigenvalue weighted by Gasteiger charge is -2.42. The Balaban J connectivity index is 5.14. The van der Waals surface area contributed by atoms with Crippen LogP contribution in [0.4, 0.5) is 159 Å². The van der Waals surface area contributed by atoms with Gasteiger partial charge >= 0.3 is 107 Å². The van der Waals surface area contributed by atoms with E-state index < -0.39 is 147 Å². The van der Waals surface area contributed by atoms with Crippen LogP contribution in [0.5, 0.6) is 0 Å². The van der Waals surface area contributed by atoms with Crippen LogP contribution in [0, 0.1) is 0 Å². The number of carbonyl (C=O) groups is 2. The Hall–Kier alpha value is -3.84. The summed E-state index contributed by atoms with van der Waals surface area (Å²) >= 11 is 0. The molecule has 0 fully saturated rings. The highest BCUT2D eigenvalue weighted by Crippen LogP contribution is 2.66. The second-order valence-corrected chi connectivity index (χ2v) is 13.3. The molecule has 0 unspecified atom stereocenters. The fraction of sp³-hybridized carbons (Fsp3) is 0.929. The predicted octanol–water partition coefficient (Wildman–Crippen LogP) is 12.8. The van der Waals surface area contributed by atoms with Gasteiger partial charge in [0.05, 0.1) is 26.1 Å². The van der Waals surface area contributed by atoms with Gasteiger partial charge in [0.1, 0.15) is 0 Å². The summed E-state index contributed by atoms with van der Waals surface area (Å²) in [7, 11) is 0. The van der Waals surface area contributed by atoms with Gasteiger partial charge in [-0.05, 0) is 12.8 Å². The standard InChI is InChI=1S/C28H22F34N2O4/c29-13(30,15(33,34)17(37,38)19(41,42)21(45,46)23(49,50)25(53,54)27(57,58)59)5-9-67-11(65)63-7-3-1-2-4-8-64-12(66)68-10-6-14(31,32)16(35,36)18(39,40)20(43,44)22(47,48)24(51,52)26(55,56)28(60,61)62/h1-10H2,(H,63,65)(H,64,66). The fourth-order valence-corrected chi connectivity index (χ4v) is 4.34. The molecule has 0 aromatic rings. The van der Waals surface area contributed by atoms with Crippen LogP contribution >= 0.6 is 0 Å². The third-order valence-electron chi connectivity index (χ3n) is 8.51. The van der Waals surface area contributed by atoms with Gasteiger partial charge in [-0.15, -0.1) is 0 Å². The average molecular weight is 1100 g/mol. The van der Waals surface area contributed by atoms with Gasteiger partial charge in [0.2, 0.25) is 0 Å². The number of rotatable bonds is 25. The van der Waals surface area contributed by atoms with Crippen molar-refractivity contribution in [2.75, 3.05) is 26.3 Å². The number of ether oxygens (including phenoxy) is 2. The number of hydrogen-bond acceptors (Lipinski definition) is 4. The van der Waals surface area contributed by atoms with Crippen LogP contribution < -0.4 is 10.6 Å². The van der Waals surface area contributed by atoms with Crippen LogP contribution in [0.3, 0.4) is 0 Å². The van der Waals surface area contributed by atoms with E-state index in [-0.39, 0.29) is 25.7 Å². The van der Waals surface area contributed by atoms with E-state index in [2.05, 4.69) is 9.47 Å². The van der Waals surface area contributed by atoms with Crippen LogP contribution in [-0.4, -0.2) is 134 Å². The fourth-order valence-electron chi connectivity index (χ4n) is 4.34. The zero-order valence-electron chi connectivity index (χ0n) is 31.6. The minimum Gasteiger partial charge on any atom is -0.449 e. The Morgan fingerprint density at radius 2 is 0.471 bits per heavy atom. The first kappa shape index (κ1) is 64.2. The van der Waals surface area contributed by atoms with Gasteiger partial charge in [-0.2, -0.15) is 149 Å². The normalized spacial score (nSPS) is 15.6. The molecule has 406 valence electrons. The molecule has 40 heteroatoms. The van der Waals surface area contributed by atoms with Gasteiger partial charge in [-0.25, -0.2) is 9.59 Å². The Kier molecular flexibility index (Phi) is 18.3. The average Bonchev–Trinajstić information content (AvgIpc) is 3.13. The third-order valence-corrected chi connectivity index (χ3v) is 8.51. The van der Waals surface area contributed by atoms with Crippen molar-refractivity contribution in [3.63, 3.8) is 0 Å². The van der Waals surface area contributed by atoms with E-state index in [1.807, 2.05) is 0 Å². The van der Waals surface area contributed by atoms with Gasteiger partial charge in [-0.1, -0.05) is 12.8 Å².